The number of pyridine rings is 1. The first kappa shape index (κ1) is 18.4. The minimum absolute atomic E-state index is 0.127. The Bertz CT molecular complexity index is 1190. The molecule has 0 radical (unpaired) electrons. The minimum Gasteiger partial charge on any atom is -0.337 e. The molecule has 1 aliphatic rings. The third-order valence-corrected chi connectivity index (χ3v) is 5.26. The Hall–Kier alpha value is -3.59. The molecule has 0 atom stereocenters. The maximum Gasteiger partial charge on any atom is 0.290 e. The number of fused-ring (bicyclic) bond motifs is 1. The molecule has 0 bridgehead atoms. The molecule has 1 fully saturated rings. The van der Waals surface area contributed by atoms with Crippen molar-refractivity contribution in [3.05, 3.63) is 66.4 Å². The summed E-state index contributed by atoms with van der Waals surface area (Å²) in [5.74, 6) is 0.902. The van der Waals surface area contributed by atoms with Gasteiger partial charge in [-0.15, -0.1) is 0 Å². The molecule has 0 saturated carbocycles. The van der Waals surface area contributed by atoms with Crippen LogP contribution in [-0.4, -0.2) is 66.3 Å². The zero-order valence-electron chi connectivity index (χ0n) is 15.9. The van der Waals surface area contributed by atoms with Gasteiger partial charge >= 0.3 is 0 Å². The summed E-state index contributed by atoms with van der Waals surface area (Å²) < 4.78 is 1.77. The van der Waals surface area contributed by atoms with Crippen LogP contribution in [-0.2, 0) is 0 Å². The fraction of sp³-hybridized carbons (Fsp3) is 0.200. The van der Waals surface area contributed by atoms with Gasteiger partial charge in [0.15, 0.2) is 0 Å². The number of carbonyl (C=O) groups is 1. The lowest BCUT2D eigenvalue weighted by molar-refractivity contribution is 0.0733. The number of anilines is 1. The standard InChI is InChI=1S/C20H17ClN8O/c21-16-3-2-14(12-25-16)17-15-13-22-6-7-29(15)18(26-17)19(30)27-8-10-28(11-9-27)20-23-4-1-5-24-20/h1-7,12-13H,8-11H2. The first-order chi connectivity index (χ1) is 14.7. The third kappa shape index (κ3) is 3.33. The predicted molar refractivity (Wildman–Crippen MR) is 111 cm³/mol. The molecule has 4 aromatic heterocycles. The van der Waals surface area contributed by atoms with Crippen molar-refractivity contribution >= 4 is 29.0 Å². The lowest BCUT2D eigenvalue weighted by atomic mass is 10.2. The van der Waals surface area contributed by atoms with Crippen LogP contribution in [0.4, 0.5) is 5.95 Å². The fourth-order valence-corrected chi connectivity index (χ4v) is 3.63. The Balaban J connectivity index is 1.42. The highest BCUT2D eigenvalue weighted by molar-refractivity contribution is 6.29. The second kappa shape index (κ2) is 7.68. The van der Waals surface area contributed by atoms with E-state index in [4.69, 9.17) is 11.6 Å². The first-order valence-corrected chi connectivity index (χ1v) is 9.84. The largest absolute Gasteiger partial charge is 0.337 e. The molecule has 1 amide bonds. The van der Waals surface area contributed by atoms with E-state index < -0.39 is 0 Å². The number of aromatic nitrogens is 6. The van der Waals surface area contributed by atoms with Crippen LogP contribution in [0.1, 0.15) is 10.6 Å². The van der Waals surface area contributed by atoms with Crippen LogP contribution in [0.15, 0.2) is 55.4 Å². The molecule has 0 spiro atoms. The Morgan fingerprint density at radius 2 is 1.77 bits per heavy atom. The SMILES string of the molecule is O=C(c1nc(-c2ccc(Cl)nc2)c2cnccn12)N1CCN(c2ncccn2)CC1. The first-order valence-electron chi connectivity index (χ1n) is 9.46. The van der Waals surface area contributed by atoms with E-state index in [-0.39, 0.29) is 5.91 Å². The van der Waals surface area contributed by atoms with E-state index in [2.05, 4.69) is 29.8 Å². The number of carbonyl (C=O) groups excluding carboxylic acids is 1. The van der Waals surface area contributed by atoms with E-state index in [9.17, 15) is 4.79 Å². The highest BCUT2D eigenvalue weighted by Gasteiger charge is 2.27. The Labute approximate surface area is 177 Å². The smallest absolute Gasteiger partial charge is 0.290 e. The lowest BCUT2D eigenvalue weighted by Gasteiger charge is -2.34. The van der Waals surface area contributed by atoms with Gasteiger partial charge in [0.2, 0.25) is 11.8 Å². The Morgan fingerprint density at radius 1 is 0.967 bits per heavy atom. The molecule has 30 heavy (non-hydrogen) atoms. The summed E-state index contributed by atoms with van der Waals surface area (Å²) in [6.07, 6.45) is 10.2. The highest BCUT2D eigenvalue weighted by atomic mass is 35.5. The Morgan fingerprint density at radius 3 is 2.50 bits per heavy atom. The van der Waals surface area contributed by atoms with Crippen LogP contribution < -0.4 is 4.90 Å². The molecule has 5 rings (SSSR count). The van der Waals surface area contributed by atoms with Gasteiger partial charge in [0.25, 0.3) is 5.91 Å². The molecule has 1 aliphatic heterocycles. The van der Waals surface area contributed by atoms with E-state index in [1.54, 1.807) is 58.6 Å². The molecule has 9 nitrogen and oxygen atoms in total. The van der Waals surface area contributed by atoms with Gasteiger partial charge in [-0.05, 0) is 18.2 Å². The molecule has 5 heterocycles. The second-order valence-corrected chi connectivity index (χ2v) is 7.20. The summed E-state index contributed by atoms with van der Waals surface area (Å²) in [5, 5.41) is 0.400. The van der Waals surface area contributed by atoms with E-state index in [0.717, 1.165) is 11.1 Å². The number of amides is 1. The van der Waals surface area contributed by atoms with Crippen LogP contribution in [0.25, 0.3) is 16.8 Å². The molecule has 4 aromatic rings. The molecule has 10 heteroatoms. The maximum atomic E-state index is 13.3. The number of piperazine rings is 1. The van der Waals surface area contributed by atoms with Crippen molar-refractivity contribution in [1.82, 2.24) is 34.2 Å². The number of halogens is 1. The number of rotatable bonds is 3. The molecule has 150 valence electrons. The molecule has 0 aliphatic carbocycles. The summed E-state index contributed by atoms with van der Waals surface area (Å²) in [6.45, 7) is 2.45. The lowest BCUT2D eigenvalue weighted by Crippen LogP contribution is -2.49. The summed E-state index contributed by atoms with van der Waals surface area (Å²) >= 11 is 5.91. The monoisotopic (exact) mass is 420 g/mol. The van der Waals surface area contributed by atoms with Gasteiger partial charge in [0, 0.05) is 62.7 Å². The number of imidazole rings is 1. The van der Waals surface area contributed by atoms with Crippen molar-refractivity contribution in [3.63, 3.8) is 0 Å². The number of hydrogen-bond acceptors (Lipinski definition) is 7. The topological polar surface area (TPSA) is 92.4 Å². The normalized spacial score (nSPS) is 14.3. The molecule has 0 N–H and O–H groups in total. The molecular formula is C20H17ClN8O. The molecule has 0 unspecified atom stereocenters. The number of nitrogens with zero attached hydrogens (tertiary/aromatic N) is 8. The van der Waals surface area contributed by atoms with E-state index >= 15 is 0 Å². The number of hydrogen-bond donors (Lipinski definition) is 0. The quantitative estimate of drug-likeness (QED) is 0.469. The predicted octanol–water partition coefficient (Wildman–Crippen LogP) is 2.20. The van der Waals surface area contributed by atoms with E-state index in [1.165, 1.54) is 0 Å². The van der Waals surface area contributed by atoms with Crippen molar-refractivity contribution in [3.8, 4) is 11.3 Å². The summed E-state index contributed by atoms with van der Waals surface area (Å²) in [7, 11) is 0. The summed E-state index contributed by atoms with van der Waals surface area (Å²) in [6, 6.07) is 5.32. The van der Waals surface area contributed by atoms with Crippen molar-refractivity contribution in [2.75, 3.05) is 31.1 Å². The van der Waals surface area contributed by atoms with Gasteiger partial charge in [-0.3, -0.25) is 14.2 Å². The van der Waals surface area contributed by atoms with Gasteiger partial charge in [-0.1, -0.05) is 11.6 Å². The average molecular weight is 421 g/mol. The average Bonchev–Trinajstić information content (AvgIpc) is 3.20. The van der Waals surface area contributed by atoms with Crippen molar-refractivity contribution < 1.29 is 4.79 Å². The van der Waals surface area contributed by atoms with Crippen LogP contribution >= 0.6 is 11.6 Å². The second-order valence-electron chi connectivity index (χ2n) is 6.81. The van der Waals surface area contributed by atoms with Gasteiger partial charge in [0.1, 0.15) is 10.8 Å². The Kier molecular flexibility index (Phi) is 4.72. The minimum atomic E-state index is -0.127. The van der Waals surface area contributed by atoms with Crippen LogP contribution in [0.5, 0.6) is 0 Å². The molecular weight excluding hydrogens is 404 g/mol. The zero-order chi connectivity index (χ0) is 20.5. The molecule has 1 saturated heterocycles. The van der Waals surface area contributed by atoms with Gasteiger partial charge in [-0.25, -0.2) is 19.9 Å². The maximum absolute atomic E-state index is 13.3. The van der Waals surface area contributed by atoms with Crippen LogP contribution in [0.3, 0.4) is 0 Å². The van der Waals surface area contributed by atoms with Gasteiger partial charge in [0.05, 0.1) is 11.7 Å². The van der Waals surface area contributed by atoms with E-state index in [1.807, 2.05) is 6.07 Å². The molecule has 0 aromatic carbocycles. The van der Waals surface area contributed by atoms with Crippen molar-refractivity contribution in [2.24, 2.45) is 0 Å². The van der Waals surface area contributed by atoms with Crippen LogP contribution in [0, 0.1) is 0 Å². The van der Waals surface area contributed by atoms with Crippen molar-refractivity contribution in [2.45, 2.75) is 0 Å². The van der Waals surface area contributed by atoms with E-state index in [0.29, 0.717) is 48.8 Å². The zero-order valence-corrected chi connectivity index (χ0v) is 16.6. The van der Waals surface area contributed by atoms with Crippen molar-refractivity contribution in [1.29, 1.82) is 0 Å². The highest BCUT2D eigenvalue weighted by Crippen LogP contribution is 2.25. The van der Waals surface area contributed by atoms with Crippen LogP contribution in [0.2, 0.25) is 5.15 Å². The summed E-state index contributed by atoms with van der Waals surface area (Å²) in [4.78, 5) is 38.7. The van der Waals surface area contributed by atoms with Gasteiger partial charge < -0.3 is 9.80 Å². The van der Waals surface area contributed by atoms with Gasteiger partial charge in [-0.2, -0.15) is 0 Å². The fourth-order valence-electron chi connectivity index (χ4n) is 3.52. The summed E-state index contributed by atoms with van der Waals surface area (Å²) in [5.41, 5.74) is 2.16. The third-order valence-electron chi connectivity index (χ3n) is 5.04.